The van der Waals surface area contributed by atoms with Gasteiger partial charge in [0.1, 0.15) is 0 Å². The maximum atomic E-state index is 13.8. The van der Waals surface area contributed by atoms with Crippen molar-refractivity contribution in [3.05, 3.63) is 113 Å². The van der Waals surface area contributed by atoms with Gasteiger partial charge in [0.25, 0.3) is 0 Å². The molecule has 1 aliphatic rings. The lowest BCUT2D eigenvalue weighted by atomic mass is 10.0. The predicted molar refractivity (Wildman–Crippen MR) is 136 cm³/mol. The van der Waals surface area contributed by atoms with Crippen LogP contribution in [0.3, 0.4) is 0 Å². The molecule has 0 saturated carbocycles. The van der Waals surface area contributed by atoms with Crippen molar-refractivity contribution in [1.82, 2.24) is 9.47 Å². The number of nitrogens with zero attached hydrogens (tertiary/aromatic N) is 2. The van der Waals surface area contributed by atoms with E-state index in [2.05, 4.69) is 90.8 Å². The van der Waals surface area contributed by atoms with Crippen LogP contribution < -0.4 is 5.32 Å². The molecule has 1 atom stereocenters. The highest BCUT2D eigenvalue weighted by Gasteiger charge is 2.33. The van der Waals surface area contributed by atoms with Crippen molar-refractivity contribution in [3.63, 3.8) is 0 Å². The number of carbonyl (C=O) groups excluding carboxylic acids is 1. The number of nitrogens with one attached hydrogen (secondary N) is 1. The van der Waals surface area contributed by atoms with E-state index in [1.54, 1.807) is 11.8 Å². The highest BCUT2D eigenvalue weighted by Crippen LogP contribution is 2.37. The van der Waals surface area contributed by atoms with E-state index in [1.165, 1.54) is 10.5 Å². The number of hydrogen-bond donors (Lipinski definition) is 1. The Hall–Kier alpha value is -3.44. The Bertz CT molecular complexity index is 1310. The number of fused-ring (bicyclic) bond motifs is 3. The highest BCUT2D eigenvalue weighted by atomic mass is 32.2. The summed E-state index contributed by atoms with van der Waals surface area (Å²) in [5, 5.41) is 3.16. The topological polar surface area (TPSA) is 37.3 Å². The molecule has 33 heavy (non-hydrogen) atoms. The number of hydrogen-bond acceptors (Lipinski definition) is 2. The Kier molecular flexibility index (Phi) is 5.73. The summed E-state index contributed by atoms with van der Waals surface area (Å²) in [5.74, 6) is 0. The summed E-state index contributed by atoms with van der Waals surface area (Å²) < 4.78 is 2.21. The number of thioether (sulfide) groups is 1. The predicted octanol–water partition coefficient (Wildman–Crippen LogP) is 6.95. The van der Waals surface area contributed by atoms with Crippen molar-refractivity contribution < 1.29 is 4.79 Å². The first-order valence-corrected chi connectivity index (χ1v) is 12.3. The minimum absolute atomic E-state index is 0.110. The molecule has 5 rings (SSSR count). The van der Waals surface area contributed by atoms with Gasteiger partial charge in [-0.25, -0.2) is 4.79 Å². The minimum Gasteiger partial charge on any atom is -0.318 e. The van der Waals surface area contributed by atoms with Crippen molar-refractivity contribution in [2.75, 3.05) is 11.6 Å². The molecular formula is C28H27N3OS. The fraction of sp³-hybridized carbons (Fsp3) is 0.179. The Morgan fingerprint density at radius 2 is 1.73 bits per heavy atom. The zero-order valence-corrected chi connectivity index (χ0v) is 19.9. The zero-order chi connectivity index (χ0) is 22.9. The molecule has 0 saturated heterocycles. The summed E-state index contributed by atoms with van der Waals surface area (Å²) in [6.07, 6.45) is 4.16. The van der Waals surface area contributed by atoms with Gasteiger partial charge in [0, 0.05) is 22.5 Å². The second-order valence-corrected chi connectivity index (χ2v) is 9.34. The molecule has 4 nitrogen and oxygen atoms in total. The third-order valence-electron chi connectivity index (χ3n) is 6.41. The molecule has 0 fully saturated rings. The van der Waals surface area contributed by atoms with Gasteiger partial charge in [-0.15, -0.1) is 11.8 Å². The molecule has 0 unspecified atom stereocenters. The summed E-state index contributed by atoms with van der Waals surface area (Å²) >= 11 is 1.72. The number of carbonyl (C=O) groups is 1. The van der Waals surface area contributed by atoms with Crippen molar-refractivity contribution in [2.45, 2.75) is 31.3 Å². The normalized spacial score (nSPS) is 14.9. The van der Waals surface area contributed by atoms with Crippen LogP contribution in [0.15, 0.2) is 90.0 Å². The Balaban J connectivity index is 1.61. The van der Waals surface area contributed by atoms with Gasteiger partial charge in [0.05, 0.1) is 18.3 Å². The van der Waals surface area contributed by atoms with Gasteiger partial charge in [-0.2, -0.15) is 0 Å². The van der Waals surface area contributed by atoms with Gasteiger partial charge in [-0.3, -0.25) is 0 Å². The van der Waals surface area contributed by atoms with Crippen LogP contribution in [0.25, 0.3) is 5.69 Å². The maximum Gasteiger partial charge on any atom is 0.322 e. The van der Waals surface area contributed by atoms with Crippen molar-refractivity contribution in [3.8, 4) is 5.69 Å². The van der Waals surface area contributed by atoms with E-state index < -0.39 is 0 Å². The van der Waals surface area contributed by atoms with Crippen molar-refractivity contribution in [1.29, 1.82) is 0 Å². The molecule has 3 aromatic carbocycles. The smallest absolute Gasteiger partial charge is 0.318 e. The zero-order valence-electron chi connectivity index (χ0n) is 19.1. The second kappa shape index (κ2) is 8.83. The monoisotopic (exact) mass is 453 g/mol. The van der Waals surface area contributed by atoms with Crippen LogP contribution in [0, 0.1) is 13.8 Å². The number of aromatic nitrogens is 1. The molecule has 4 aromatic rings. The van der Waals surface area contributed by atoms with Gasteiger partial charge in [-0.1, -0.05) is 36.4 Å². The quantitative estimate of drug-likeness (QED) is 0.341. The highest BCUT2D eigenvalue weighted by molar-refractivity contribution is 7.98. The fourth-order valence-electron chi connectivity index (χ4n) is 4.49. The molecule has 1 N–H and O–H groups in total. The number of para-hydroxylation sites is 1. The summed E-state index contributed by atoms with van der Waals surface area (Å²) in [6, 6.07) is 26.8. The van der Waals surface area contributed by atoms with Gasteiger partial charge in [-0.05, 0) is 84.8 Å². The number of benzene rings is 3. The number of urea groups is 1. The standard InChI is InChI=1S/C28H27N3OS/c1-19-10-13-23(17-20(19)2)29-28(32)31-18-22-7-4-5-8-25(22)30-16-6-9-26(30)27(31)21-11-14-24(33-3)15-12-21/h4-17,27H,18H2,1-3H3,(H,29,32)/t27-/m0/s1. The van der Waals surface area contributed by atoms with E-state index in [0.717, 1.165) is 33.8 Å². The SMILES string of the molecule is CSc1ccc([C@H]2c3cccn3-c3ccccc3CN2C(=O)Nc2ccc(C)c(C)c2)cc1. The van der Waals surface area contributed by atoms with Crippen LogP contribution in [-0.4, -0.2) is 21.8 Å². The summed E-state index contributed by atoms with van der Waals surface area (Å²) in [7, 11) is 0. The molecule has 1 aliphatic heterocycles. The molecule has 2 amide bonds. The lowest BCUT2D eigenvalue weighted by Gasteiger charge is -2.31. The van der Waals surface area contributed by atoms with Crippen LogP contribution >= 0.6 is 11.8 Å². The average Bonchev–Trinajstić information content (AvgIpc) is 3.26. The van der Waals surface area contributed by atoms with E-state index in [9.17, 15) is 4.79 Å². The van der Waals surface area contributed by atoms with Crippen LogP contribution in [0.1, 0.15) is 34.0 Å². The molecule has 5 heteroatoms. The molecule has 0 bridgehead atoms. The fourth-order valence-corrected chi connectivity index (χ4v) is 4.90. The Morgan fingerprint density at radius 1 is 0.939 bits per heavy atom. The van der Waals surface area contributed by atoms with E-state index in [-0.39, 0.29) is 12.1 Å². The van der Waals surface area contributed by atoms with Gasteiger partial charge < -0.3 is 14.8 Å². The summed E-state index contributed by atoms with van der Waals surface area (Å²) in [5.41, 5.74) is 7.59. The second-order valence-electron chi connectivity index (χ2n) is 8.46. The van der Waals surface area contributed by atoms with Crippen molar-refractivity contribution in [2.24, 2.45) is 0 Å². The number of aryl methyl sites for hydroxylation is 2. The van der Waals surface area contributed by atoms with Gasteiger partial charge in [0.2, 0.25) is 0 Å². The Labute approximate surface area is 199 Å². The summed E-state index contributed by atoms with van der Waals surface area (Å²) in [4.78, 5) is 16.9. The number of anilines is 1. The third kappa shape index (κ3) is 4.05. The first-order valence-electron chi connectivity index (χ1n) is 11.1. The first-order chi connectivity index (χ1) is 16.0. The van der Waals surface area contributed by atoms with Gasteiger partial charge >= 0.3 is 6.03 Å². The largest absolute Gasteiger partial charge is 0.322 e. The molecule has 0 radical (unpaired) electrons. The maximum absolute atomic E-state index is 13.8. The third-order valence-corrected chi connectivity index (χ3v) is 7.16. The number of amides is 2. The van der Waals surface area contributed by atoms with Gasteiger partial charge in [0.15, 0.2) is 0 Å². The average molecular weight is 454 g/mol. The van der Waals surface area contributed by atoms with E-state index in [0.29, 0.717) is 6.54 Å². The summed E-state index contributed by atoms with van der Waals surface area (Å²) in [6.45, 7) is 4.66. The Morgan fingerprint density at radius 3 is 2.48 bits per heavy atom. The molecule has 166 valence electrons. The van der Waals surface area contributed by atoms with Crippen LogP contribution in [-0.2, 0) is 6.54 Å². The lowest BCUT2D eigenvalue weighted by molar-refractivity contribution is 0.194. The molecular weight excluding hydrogens is 426 g/mol. The lowest BCUT2D eigenvalue weighted by Crippen LogP contribution is -2.37. The first kappa shape index (κ1) is 21.4. The minimum atomic E-state index is -0.213. The molecule has 1 aromatic heterocycles. The van der Waals surface area contributed by atoms with Crippen molar-refractivity contribution >= 4 is 23.5 Å². The molecule has 0 aliphatic carbocycles. The van der Waals surface area contributed by atoms with E-state index in [4.69, 9.17) is 0 Å². The molecule has 2 heterocycles. The van der Waals surface area contributed by atoms with Crippen LogP contribution in [0.5, 0.6) is 0 Å². The van der Waals surface area contributed by atoms with E-state index in [1.807, 2.05) is 29.2 Å². The number of rotatable bonds is 3. The van der Waals surface area contributed by atoms with Crippen LogP contribution in [0.4, 0.5) is 10.5 Å². The molecule has 0 spiro atoms. The van der Waals surface area contributed by atoms with E-state index >= 15 is 0 Å². The van der Waals surface area contributed by atoms with Crippen LogP contribution in [0.2, 0.25) is 0 Å².